The Morgan fingerprint density at radius 2 is 1.80 bits per heavy atom. The van der Waals surface area contributed by atoms with E-state index in [9.17, 15) is 0 Å². The lowest BCUT2D eigenvalue weighted by atomic mass is 10.0. The van der Waals surface area contributed by atoms with E-state index in [0.29, 0.717) is 21.8 Å². The first-order valence-electron chi connectivity index (χ1n) is 6.13. The highest BCUT2D eigenvalue weighted by molar-refractivity contribution is 6.33. The number of fused-ring (bicyclic) bond motifs is 1. The Balaban J connectivity index is 2.38. The molecule has 4 nitrogen and oxygen atoms in total. The van der Waals surface area contributed by atoms with Crippen LogP contribution in [-0.2, 0) is 0 Å². The standard InChI is InChI=1S/C14H12Cl2N4/c1-7-4-5-10(11(15)6-7)12-8(2)19-20-13(12)17-9(3)18-14(20)16/h4-6H,1-3H3. The predicted molar refractivity (Wildman–Crippen MR) is 80.4 cm³/mol. The zero-order chi connectivity index (χ0) is 14.4. The van der Waals surface area contributed by atoms with Crippen LogP contribution in [-0.4, -0.2) is 19.6 Å². The molecule has 102 valence electrons. The number of nitrogens with zero attached hydrogens (tertiary/aromatic N) is 4. The van der Waals surface area contributed by atoms with Crippen molar-refractivity contribution >= 4 is 28.8 Å². The molecule has 0 saturated heterocycles. The second-order valence-electron chi connectivity index (χ2n) is 4.72. The van der Waals surface area contributed by atoms with Crippen molar-refractivity contribution in [1.82, 2.24) is 19.6 Å². The van der Waals surface area contributed by atoms with Crippen molar-refractivity contribution in [3.05, 3.63) is 45.6 Å². The summed E-state index contributed by atoms with van der Waals surface area (Å²) in [5, 5.41) is 5.37. The Hall–Kier alpha value is -1.65. The molecular formula is C14H12Cl2N4. The Morgan fingerprint density at radius 3 is 2.50 bits per heavy atom. The summed E-state index contributed by atoms with van der Waals surface area (Å²) in [4.78, 5) is 8.55. The molecule has 0 fully saturated rings. The highest BCUT2D eigenvalue weighted by Gasteiger charge is 2.18. The molecule has 0 amide bonds. The molecule has 0 bridgehead atoms. The first-order valence-corrected chi connectivity index (χ1v) is 6.89. The average molecular weight is 307 g/mol. The van der Waals surface area contributed by atoms with Crippen LogP contribution >= 0.6 is 23.2 Å². The van der Waals surface area contributed by atoms with Gasteiger partial charge >= 0.3 is 0 Å². The fourth-order valence-electron chi connectivity index (χ4n) is 2.24. The quantitative estimate of drug-likeness (QED) is 0.682. The lowest BCUT2D eigenvalue weighted by Crippen LogP contribution is -1.98. The normalized spacial score (nSPS) is 11.2. The maximum Gasteiger partial charge on any atom is 0.227 e. The fourth-order valence-corrected chi connectivity index (χ4v) is 2.81. The maximum absolute atomic E-state index is 6.36. The van der Waals surface area contributed by atoms with Crippen molar-refractivity contribution in [2.75, 3.05) is 0 Å². The van der Waals surface area contributed by atoms with E-state index >= 15 is 0 Å². The summed E-state index contributed by atoms with van der Waals surface area (Å²) in [6.45, 7) is 5.71. The van der Waals surface area contributed by atoms with Crippen LogP contribution in [0, 0.1) is 20.8 Å². The summed E-state index contributed by atoms with van der Waals surface area (Å²) in [6.07, 6.45) is 0. The highest BCUT2D eigenvalue weighted by atomic mass is 35.5. The van der Waals surface area contributed by atoms with E-state index in [1.807, 2.05) is 32.0 Å². The second kappa shape index (κ2) is 4.72. The molecule has 0 spiro atoms. The van der Waals surface area contributed by atoms with Crippen LogP contribution in [0.2, 0.25) is 10.3 Å². The average Bonchev–Trinajstić information content (AvgIpc) is 2.67. The molecule has 20 heavy (non-hydrogen) atoms. The number of aromatic nitrogens is 4. The molecule has 1 aromatic carbocycles. The van der Waals surface area contributed by atoms with Gasteiger partial charge in [0.05, 0.1) is 11.3 Å². The maximum atomic E-state index is 6.36. The molecule has 0 aliphatic heterocycles. The van der Waals surface area contributed by atoms with Crippen LogP contribution in [0.25, 0.3) is 16.8 Å². The number of rotatable bonds is 1. The molecule has 2 heterocycles. The molecule has 6 heteroatoms. The van der Waals surface area contributed by atoms with Crippen LogP contribution in [0.5, 0.6) is 0 Å². The SMILES string of the molecule is Cc1ccc(-c2c(C)nn3c(Cl)nc(C)nc23)c(Cl)c1. The zero-order valence-corrected chi connectivity index (χ0v) is 12.8. The third-order valence-electron chi connectivity index (χ3n) is 3.13. The Kier molecular flexibility index (Phi) is 3.15. The number of hydrogen-bond donors (Lipinski definition) is 0. The van der Waals surface area contributed by atoms with Crippen molar-refractivity contribution in [1.29, 1.82) is 0 Å². The minimum atomic E-state index is 0.296. The minimum Gasteiger partial charge on any atom is -0.213 e. The van der Waals surface area contributed by atoms with Gasteiger partial charge in [0.2, 0.25) is 5.28 Å². The first kappa shape index (κ1) is 13.3. The van der Waals surface area contributed by atoms with Crippen molar-refractivity contribution < 1.29 is 0 Å². The van der Waals surface area contributed by atoms with Crippen LogP contribution in [0.4, 0.5) is 0 Å². The number of benzene rings is 1. The second-order valence-corrected chi connectivity index (χ2v) is 5.46. The van der Waals surface area contributed by atoms with E-state index in [1.54, 1.807) is 6.92 Å². The molecule has 0 N–H and O–H groups in total. The van der Waals surface area contributed by atoms with Crippen molar-refractivity contribution in [3.8, 4) is 11.1 Å². The summed E-state index contributed by atoms with van der Waals surface area (Å²) in [7, 11) is 0. The predicted octanol–water partition coefficient (Wildman–Crippen LogP) is 4.02. The Bertz CT molecular complexity index is 824. The van der Waals surface area contributed by atoms with Crippen LogP contribution in [0.1, 0.15) is 17.1 Å². The molecule has 0 radical (unpaired) electrons. The molecule has 0 aliphatic carbocycles. The summed E-state index contributed by atoms with van der Waals surface area (Å²) < 4.78 is 1.54. The largest absolute Gasteiger partial charge is 0.227 e. The topological polar surface area (TPSA) is 43.1 Å². The molecule has 0 saturated carbocycles. The van der Waals surface area contributed by atoms with Gasteiger partial charge in [0, 0.05) is 10.6 Å². The van der Waals surface area contributed by atoms with Crippen LogP contribution < -0.4 is 0 Å². The lowest BCUT2D eigenvalue weighted by Gasteiger charge is -2.05. The van der Waals surface area contributed by atoms with Gasteiger partial charge in [-0.25, -0.2) is 9.97 Å². The van der Waals surface area contributed by atoms with Gasteiger partial charge in [-0.1, -0.05) is 23.7 Å². The van der Waals surface area contributed by atoms with Gasteiger partial charge in [-0.05, 0) is 44.0 Å². The van der Waals surface area contributed by atoms with Gasteiger partial charge in [0.15, 0.2) is 5.65 Å². The third-order valence-corrected chi connectivity index (χ3v) is 3.68. The third kappa shape index (κ3) is 2.05. The van der Waals surface area contributed by atoms with Crippen molar-refractivity contribution in [2.45, 2.75) is 20.8 Å². The summed E-state index contributed by atoms with van der Waals surface area (Å²) in [5.41, 5.74) is 4.39. The number of aryl methyl sites for hydroxylation is 3. The highest BCUT2D eigenvalue weighted by Crippen LogP contribution is 2.34. The summed E-state index contributed by atoms with van der Waals surface area (Å²) in [6, 6.07) is 5.92. The number of hydrogen-bond acceptors (Lipinski definition) is 3. The van der Waals surface area contributed by atoms with Crippen molar-refractivity contribution in [3.63, 3.8) is 0 Å². The Labute approximate surface area is 126 Å². The van der Waals surface area contributed by atoms with E-state index in [-0.39, 0.29) is 0 Å². The molecule has 0 unspecified atom stereocenters. The van der Waals surface area contributed by atoms with E-state index in [4.69, 9.17) is 23.2 Å². The van der Waals surface area contributed by atoms with Gasteiger partial charge < -0.3 is 0 Å². The Morgan fingerprint density at radius 1 is 1.05 bits per heavy atom. The van der Waals surface area contributed by atoms with Crippen LogP contribution in [0.15, 0.2) is 18.2 Å². The first-order chi connectivity index (χ1) is 9.47. The van der Waals surface area contributed by atoms with E-state index < -0.39 is 0 Å². The van der Waals surface area contributed by atoms with Crippen molar-refractivity contribution in [2.24, 2.45) is 0 Å². The molecule has 2 aromatic heterocycles. The monoisotopic (exact) mass is 306 g/mol. The van der Waals surface area contributed by atoms with E-state index in [2.05, 4.69) is 15.1 Å². The van der Waals surface area contributed by atoms with E-state index in [1.165, 1.54) is 4.52 Å². The summed E-state index contributed by atoms with van der Waals surface area (Å²) >= 11 is 12.5. The summed E-state index contributed by atoms with van der Waals surface area (Å²) in [5.74, 6) is 0.604. The van der Waals surface area contributed by atoms with Gasteiger partial charge in [0.25, 0.3) is 0 Å². The van der Waals surface area contributed by atoms with Crippen LogP contribution in [0.3, 0.4) is 0 Å². The lowest BCUT2D eigenvalue weighted by molar-refractivity contribution is 0.858. The van der Waals surface area contributed by atoms with Gasteiger partial charge in [-0.3, -0.25) is 0 Å². The van der Waals surface area contributed by atoms with Gasteiger partial charge in [-0.2, -0.15) is 9.61 Å². The molecule has 3 aromatic rings. The van der Waals surface area contributed by atoms with E-state index in [0.717, 1.165) is 22.4 Å². The zero-order valence-electron chi connectivity index (χ0n) is 11.3. The molecule has 0 aliphatic rings. The molecule has 0 atom stereocenters. The van der Waals surface area contributed by atoms with Gasteiger partial charge in [-0.15, -0.1) is 0 Å². The number of halogens is 2. The van der Waals surface area contributed by atoms with Gasteiger partial charge in [0.1, 0.15) is 5.82 Å². The molecular weight excluding hydrogens is 295 g/mol. The minimum absolute atomic E-state index is 0.296. The fraction of sp³-hybridized carbons (Fsp3) is 0.214. The smallest absolute Gasteiger partial charge is 0.213 e. The molecule has 3 rings (SSSR count).